The third-order valence-corrected chi connectivity index (χ3v) is 3.45. The minimum Gasteiger partial charge on any atom is -0.273 e. The van der Waals surface area contributed by atoms with Gasteiger partial charge in [-0.25, -0.2) is 10.1 Å². The van der Waals surface area contributed by atoms with Crippen molar-refractivity contribution in [2.24, 2.45) is 5.10 Å². The van der Waals surface area contributed by atoms with Crippen LogP contribution in [0.2, 0.25) is 0 Å². The number of nitrogens with one attached hydrogen (secondary N) is 1. The summed E-state index contributed by atoms with van der Waals surface area (Å²) in [7, 11) is 0. The lowest BCUT2D eigenvalue weighted by molar-refractivity contribution is -0.121. The van der Waals surface area contributed by atoms with Crippen LogP contribution in [0.3, 0.4) is 0 Å². The first-order valence-electron chi connectivity index (χ1n) is 7.39. The predicted molar refractivity (Wildman–Crippen MR) is 89.1 cm³/mol. The van der Waals surface area contributed by atoms with Crippen LogP contribution in [0.15, 0.2) is 53.6 Å². The van der Waals surface area contributed by atoms with Gasteiger partial charge in [0.15, 0.2) is 0 Å². The Labute approximate surface area is 133 Å². The maximum Gasteiger partial charge on any atom is 0.241 e. The number of benzene rings is 2. The maximum atomic E-state index is 11.8. The van der Waals surface area contributed by atoms with Gasteiger partial charge < -0.3 is 0 Å². The highest BCUT2D eigenvalue weighted by atomic mass is 16.2. The highest BCUT2D eigenvalue weighted by Crippen LogP contribution is 2.09. The fourth-order valence-electron chi connectivity index (χ4n) is 2.18. The molecule has 1 aromatic heterocycles. The molecule has 0 saturated carbocycles. The zero-order valence-corrected chi connectivity index (χ0v) is 12.8. The average molecular weight is 307 g/mol. The number of fused-ring (bicyclic) bond motifs is 1. The standard InChI is InChI=1S/C17H17N5O/c1-13-6-8-14(9-7-13)12-18-20-17(23)10-11-22-16-5-3-2-4-15(16)19-21-22/h2-9,12H,10-11H2,1H3,(H,20,23)/b18-12-. The molecule has 0 unspecified atom stereocenters. The first kappa shape index (κ1) is 14.9. The smallest absolute Gasteiger partial charge is 0.241 e. The minimum atomic E-state index is -0.159. The summed E-state index contributed by atoms with van der Waals surface area (Å²) in [5.74, 6) is -0.159. The summed E-state index contributed by atoms with van der Waals surface area (Å²) in [6.07, 6.45) is 1.92. The molecule has 0 aliphatic heterocycles. The molecule has 0 aliphatic carbocycles. The summed E-state index contributed by atoms with van der Waals surface area (Å²) in [4.78, 5) is 11.8. The Balaban J connectivity index is 1.52. The minimum absolute atomic E-state index is 0.159. The van der Waals surface area contributed by atoms with Crippen LogP contribution >= 0.6 is 0 Å². The topological polar surface area (TPSA) is 72.2 Å². The number of nitrogens with zero attached hydrogens (tertiary/aromatic N) is 4. The van der Waals surface area contributed by atoms with Crippen molar-refractivity contribution in [3.05, 3.63) is 59.7 Å². The van der Waals surface area contributed by atoms with E-state index in [9.17, 15) is 4.79 Å². The van der Waals surface area contributed by atoms with Crippen LogP contribution in [0, 0.1) is 6.92 Å². The normalized spacial score (nSPS) is 11.2. The molecule has 0 bridgehead atoms. The van der Waals surface area contributed by atoms with Gasteiger partial charge in [-0.15, -0.1) is 5.10 Å². The van der Waals surface area contributed by atoms with Crippen molar-refractivity contribution in [3.8, 4) is 0 Å². The zero-order chi connectivity index (χ0) is 16.1. The average Bonchev–Trinajstić information content (AvgIpc) is 2.98. The molecule has 1 amide bonds. The van der Waals surface area contributed by atoms with Crippen molar-refractivity contribution in [3.63, 3.8) is 0 Å². The Morgan fingerprint density at radius 1 is 1.22 bits per heavy atom. The number of para-hydroxylation sites is 1. The number of hydrogen-bond acceptors (Lipinski definition) is 4. The second-order valence-electron chi connectivity index (χ2n) is 5.26. The summed E-state index contributed by atoms with van der Waals surface area (Å²) in [6, 6.07) is 15.6. The van der Waals surface area contributed by atoms with Gasteiger partial charge in [0.1, 0.15) is 5.52 Å². The van der Waals surface area contributed by atoms with E-state index < -0.39 is 0 Å². The monoisotopic (exact) mass is 307 g/mol. The van der Waals surface area contributed by atoms with Gasteiger partial charge in [-0.3, -0.25) is 4.79 Å². The van der Waals surface area contributed by atoms with E-state index >= 15 is 0 Å². The lowest BCUT2D eigenvalue weighted by Crippen LogP contribution is -2.19. The number of rotatable bonds is 5. The number of hydrazone groups is 1. The van der Waals surface area contributed by atoms with E-state index in [1.807, 2.05) is 55.5 Å². The SMILES string of the molecule is Cc1ccc(/C=N\NC(=O)CCn2nnc3ccccc32)cc1. The van der Waals surface area contributed by atoms with Gasteiger partial charge in [-0.2, -0.15) is 5.10 Å². The molecule has 2 aromatic carbocycles. The van der Waals surface area contributed by atoms with Crippen LogP contribution in [0.5, 0.6) is 0 Å². The quantitative estimate of drug-likeness (QED) is 0.580. The number of hydrogen-bond donors (Lipinski definition) is 1. The maximum absolute atomic E-state index is 11.8. The van der Waals surface area contributed by atoms with Gasteiger partial charge >= 0.3 is 0 Å². The molecule has 6 heteroatoms. The van der Waals surface area contributed by atoms with Gasteiger partial charge in [-0.1, -0.05) is 47.2 Å². The highest BCUT2D eigenvalue weighted by Gasteiger charge is 2.05. The van der Waals surface area contributed by atoms with E-state index in [0.717, 1.165) is 16.6 Å². The van der Waals surface area contributed by atoms with Crippen LogP contribution in [0.25, 0.3) is 11.0 Å². The van der Waals surface area contributed by atoms with Gasteiger partial charge in [0.25, 0.3) is 0 Å². The molecule has 0 radical (unpaired) electrons. The van der Waals surface area contributed by atoms with Crippen molar-refractivity contribution in [1.29, 1.82) is 0 Å². The fraction of sp³-hybridized carbons (Fsp3) is 0.176. The Morgan fingerprint density at radius 2 is 2.00 bits per heavy atom. The van der Waals surface area contributed by atoms with Crippen LogP contribution < -0.4 is 5.43 Å². The Bertz CT molecular complexity index is 836. The van der Waals surface area contributed by atoms with Gasteiger partial charge in [0.2, 0.25) is 5.91 Å². The Morgan fingerprint density at radius 3 is 2.83 bits per heavy atom. The number of aryl methyl sites for hydroxylation is 2. The zero-order valence-electron chi connectivity index (χ0n) is 12.8. The van der Waals surface area contributed by atoms with Crippen molar-refractivity contribution >= 4 is 23.2 Å². The Kier molecular flexibility index (Phi) is 4.42. The first-order chi connectivity index (χ1) is 11.2. The first-order valence-corrected chi connectivity index (χ1v) is 7.39. The van der Waals surface area contributed by atoms with E-state index in [1.165, 1.54) is 5.56 Å². The molecule has 6 nitrogen and oxygen atoms in total. The summed E-state index contributed by atoms with van der Waals surface area (Å²) in [5, 5.41) is 12.1. The van der Waals surface area contributed by atoms with E-state index in [0.29, 0.717) is 13.0 Å². The molecule has 0 fully saturated rings. The van der Waals surface area contributed by atoms with E-state index in [-0.39, 0.29) is 5.91 Å². The van der Waals surface area contributed by atoms with Gasteiger partial charge in [-0.05, 0) is 24.6 Å². The molecule has 0 atom stereocenters. The van der Waals surface area contributed by atoms with Crippen LogP contribution in [0.4, 0.5) is 0 Å². The summed E-state index contributed by atoms with van der Waals surface area (Å²) in [5.41, 5.74) is 6.40. The Hall–Kier alpha value is -3.02. The van der Waals surface area contributed by atoms with Crippen LogP contribution in [-0.4, -0.2) is 27.1 Å². The van der Waals surface area contributed by atoms with Gasteiger partial charge in [0.05, 0.1) is 18.3 Å². The summed E-state index contributed by atoms with van der Waals surface area (Å²) in [6.45, 7) is 2.49. The molecule has 3 rings (SSSR count). The van der Waals surface area contributed by atoms with Crippen molar-refractivity contribution < 1.29 is 4.79 Å². The summed E-state index contributed by atoms with van der Waals surface area (Å²) >= 11 is 0. The third-order valence-electron chi connectivity index (χ3n) is 3.45. The number of carbonyl (C=O) groups is 1. The molecular weight excluding hydrogens is 290 g/mol. The molecule has 0 saturated heterocycles. The molecule has 116 valence electrons. The third kappa shape index (κ3) is 3.79. The van der Waals surface area contributed by atoms with Crippen LogP contribution in [-0.2, 0) is 11.3 Å². The van der Waals surface area contributed by atoms with E-state index in [4.69, 9.17) is 0 Å². The second kappa shape index (κ2) is 6.83. The molecule has 0 aliphatic rings. The predicted octanol–water partition coefficient (Wildman–Crippen LogP) is 2.28. The number of amides is 1. The molecular formula is C17H17N5O. The van der Waals surface area contributed by atoms with E-state index in [2.05, 4.69) is 20.8 Å². The highest BCUT2D eigenvalue weighted by molar-refractivity contribution is 5.82. The summed E-state index contributed by atoms with van der Waals surface area (Å²) < 4.78 is 1.72. The molecule has 0 spiro atoms. The largest absolute Gasteiger partial charge is 0.273 e. The fourth-order valence-corrected chi connectivity index (χ4v) is 2.18. The van der Waals surface area contributed by atoms with Crippen molar-refractivity contribution in [2.75, 3.05) is 0 Å². The van der Waals surface area contributed by atoms with Crippen molar-refractivity contribution in [2.45, 2.75) is 19.9 Å². The van der Waals surface area contributed by atoms with Crippen LogP contribution in [0.1, 0.15) is 17.5 Å². The molecule has 3 aromatic rings. The molecule has 1 N–H and O–H groups in total. The molecule has 1 heterocycles. The van der Waals surface area contributed by atoms with Gasteiger partial charge in [0, 0.05) is 6.42 Å². The molecule has 23 heavy (non-hydrogen) atoms. The lowest BCUT2D eigenvalue weighted by Gasteiger charge is -2.01. The second-order valence-corrected chi connectivity index (χ2v) is 5.26. The number of aromatic nitrogens is 3. The van der Waals surface area contributed by atoms with E-state index in [1.54, 1.807) is 10.9 Å². The number of carbonyl (C=O) groups excluding carboxylic acids is 1. The van der Waals surface area contributed by atoms with Crippen molar-refractivity contribution in [1.82, 2.24) is 20.4 Å². The lowest BCUT2D eigenvalue weighted by atomic mass is 10.2.